The summed E-state index contributed by atoms with van der Waals surface area (Å²) in [6.07, 6.45) is -0.116. The Hall–Kier alpha value is -1.70. The van der Waals surface area contributed by atoms with Crippen LogP contribution in [0.25, 0.3) is 0 Å². The molecule has 0 atom stereocenters. The van der Waals surface area contributed by atoms with Crippen LogP contribution in [-0.4, -0.2) is 188 Å². The summed E-state index contributed by atoms with van der Waals surface area (Å²) in [5.41, 5.74) is -0.513. The summed E-state index contributed by atoms with van der Waals surface area (Å²) in [4.78, 5) is 24.5. The summed E-state index contributed by atoms with van der Waals surface area (Å²) in [5, 5.41) is 0. The van der Waals surface area contributed by atoms with Crippen LogP contribution in [0.2, 0.25) is 0 Å². The molecule has 0 aliphatic rings. The van der Waals surface area contributed by atoms with Gasteiger partial charge in [0.05, 0.1) is 158 Å². The summed E-state index contributed by atoms with van der Waals surface area (Å²) < 4.78 is 70.0. The third-order valence-corrected chi connectivity index (χ3v) is 5.75. The van der Waals surface area contributed by atoms with Crippen molar-refractivity contribution in [3.8, 4) is 0 Å². The third kappa shape index (κ3) is 38.9. The average Bonchev–Trinajstić information content (AvgIpc) is 3.05. The van der Waals surface area contributed by atoms with Gasteiger partial charge in [0.1, 0.15) is 5.60 Å². The monoisotopic (exact) mass is 715 g/mol. The van der Waals surface area contributed by atoms with E-state index in [1.165, 1.54) is 4.90 Å². The minimum Gasteiger partial charge on any atom is -0.466 e. The van der Waals surface area contributed by atoms with Crippen molar-refractivity contribution in [3.63, 3.8) is 0 Å². The molecule has 1 amide bonds. The minimum atomic E-state index is -0.513. The number of ether oxygens (including phenoxy) is 13. The van der Waals surface area contributed by atoms with Gasteiger partial charge in [-0.1, -0.05) is 0 Å². The number of amides is 1. The highest BCUT2D eigenvalue weighted by atomic mass is 16.6. The molecule has 0 aromatic carbocycles. The highest BCUT2D eigenvalue weighted by Gasteiger charge is 2.19. The zero-order valence-corrected chi connectivity index (χ0v) is 30.7. The molecule has 0 heterocycles. The van der Waals surface area contributed by atoms with Gasteiger partial charge in [0, 0.05) is 13.6 Å². The van der Waals surface area contributed by atoms with Crippen molar-refractivity contribution in [2.45, 2.75) is 39.7 Å². The molecule has 0 radical (unpaired) electrons. The van der Waals surface area contributed by atoms with E-state index in [-0.39, 0.29) is 18.5 Å². The van der Waals surface area contributed by atoms with Crippen molar-refractivity contribution in [2.75, 3.05) is 166 Å². The zero-order chi connectivity index (χ0) is 36.1. The second-order valence-corrected chi connectivity index (χ2v) is 11.2. The standard InChI is InChI=1S/C33H65NO15/c1-6-48-31(35)7-9-37-11-13-39-15-17-41-19-21-43-23-25-45-27-29-47-30-28-46-26-24-44-22-20-42-18-16-40-14-12-38-10-8-34(5)32(36)49-33(2,3)4/h6-30H2,1-5H3. The Morgan fingerprint density at radius 1 is 0.449 bits per heavy atom. The molecular weight excluding hydrogens is 650 g/mol. The molecule has 0 spiro atoms. The normalized spacial score (nSPS) is 11.6. The Labute approximate surface area is 293 Å². The smallest absolute Gasteiger partial charge is 0.410 e. The largest absolute Gasteiger partial charge is 0.466 e. The van der Waals surface area contributed by atoms with E-state index in [1.807, 2.05) is 20.8 Å². The van der Waals surface area contributed by atoms with Gasteiger partial charge in [-0.05, 0) is 27.7 Å². The second kappa shape index (κ2) is 36.1. The molecule has 16 nitrogen and oxygen atoms in total. The first kappa shape index (κ1) is 47.3. The van der Waals surface area contributed by atoms with Crippen molar-refractivity contribution in [2.24, 2.45) is 0 Å². The highest BCUT2D eigenvalue weighted by molar-refractivity contribution is 5.69. The molecular formula is C33H65NO15. The molecule has 0 aromatic heterocycles. The van der Waals surface area contributed by atoms with Gasteiger partial charge in [0.25, 0.3) is 0 Å². The van der Waals surface area contributed by atoms with E-state index < -0.39 is 5.60 Å². The predicted molar refractivity (Wildman–Crippen MR) is 179 cm³/mol. The Balaban J connectivity index is 3.15. The van der Waals surface area contributed by atoms with Crippen LogP contribution in [0.4, 0.5) is 4.79 Å². The fourth-order valence-corrected chi connectivity index (χ4v) is 3.32. The molecule has 0 rings (SSSR count). The number of carbonyl (C=O) groups excluding carboxylic acids is 2. The highest BCUT2D eigenvalue weighted by Crippen LogP contribution is 2.08. The van der Waals surface area contributed by atoms with Crippen LogP contribution in [0.3, 0.4) is 0 Å². The van der Waals surface area contributed by atoms with Crippen LogP contribution < -0.4 is 0 Å². The van der Waals surface area contributed by atoms with E-state index in [0.717, 1.165) is 0 Å². The fraction of sp³-hybridized carbons (Fsp3) is 0.939. The van der Waals surface area contributed by atoms with Crippen LogP contribution in [0.1, 0.15) is 34.1 Å². The summed E-state index contributed by atoms with van der Waals surface area (Å²) in [5.74, 6) is -0.255. The molecule has 0 N–H and O–H groups in total. The first-order chi connectivity index (χ1) is 23.8. The maximum absolute atomic E-state index is 11.9. The van der Waals surface area contributed by atoms with E-state index in [1.54, 1.807) is 14.0 Å². The molecule has 0 unspecified atom stereocenters. The number of carbonyl (C=O) groups is 2. The molecule has 0 saturated carbocycles. The van der Waals surface area contributed by atoms with Crippen LogP contribution in [0, 0.1) is 0 Å². The summed E-state index contributed by atoms with van der Waals surface area (Å²) in [7, 11) is 1.68. The van der Waals surface area contributed by atoms with Crippen LogP contribution in [-0.2, 0) is 66.4 Å². The van der Waals surface area contributed by atoms with Crippen LogP contribution >= 0.6 is 0 Å². The Morgan fingerprint density at radius 3 is 0.980 bits per heavy atom. The van der Waals surface area contributed by atoms with Crippen molar-refractivity contribution >= 4 is 12.1 Å². The quantitative estimate of drug-likeness (QED) is 0.0679. The fourth-order valence-electron chi connectivity index (χ4n) is 3.32. The Kier molecular flexibility index (Phi) is 34.9. The van der Waals surface area contributed by atoms with Gasteiger partial charge in [-0.25, -0.2) is 4.79 Å². The number of likely N-dealkylation sites (N-methyl/N-ethyl adjacent to an activating group) is 1. The molecule has 0 bridgehead atoms. The van der Waals surface area contributed by atoms with Gasteiger partial charge >= 0.3 is 12.1 Å². The van der Waals surface area contributed by atoms with Crippen LogP contribution in [0.15, 0.2) is 0 Å². The summed E-state index contributed by atoms with van der Waals surface area (Å²) >= 11 is 0. The van der Waals surface area contributed by atoms with Crippen molar-refractivity contribution < 1.29 is 71.2 Å². The van der Waals surface area contributed by atoms with Crippen molar-refractivity contribution in [1.82, 2.24) is 4.90 Å². The number of hydrogen-bond acceptors (Lipinski definition) is 15. The first-order valence-corrected chi connectivity index (χ1v) is 17.2. The lowest BCUT2D eigenvalue weighted by molar-refractivity contribution is -0.144. The van der Waals surface area contributed by atoms with Crippen molar-refractivity contribution in [3.05, 3.63) is 0 Å². The SMILES string of the molecule is CCOC(=O)CCOCCOCCOCCOCCOCCOCCOCCOCCOCCOCCOCCN(C)C(=O)OC(C)(C)C. The number of nitrogens with zero attached hydrogens (tertiary/aromatic N) is 1. The van der Waals surface area contributed by atoms with Gasteiger partial charge in [-0.3, -0.25) is 4.79 Å². The van der Waals surface area contributed by atoms with Crippen molar-refractivity contribution in [1.29, 1.82) is 0 Å². The van der Waals surface area contributed by atoms with Gasteiger partial charge in [0.15, 0.2) is 0 Å². The van der Waals surface area contributed by atoms with Gasteiger partial charge in [-0.2, -0.15) is 0 Å². The van der Waals surface area contributed by atoms with E-state index in [2.05, 4.69) is 0 Å². The lowest BCUT2D eigenvalue weighted by atomic mass is 10.2. The average molecular weight is 716 g/mol. The van der Waals surface area contributed by atoms with Gasteiger partial charge < -0.3 is 66.5 Å². The molecule has 16 heteroatoms. The molecule has 0 saturated heterocycles. The van der Waals surface area contributed by atoms with Gasteiger partial charge in [0.2, 0.25) is 0 Å². The molecule has 49 heavy (non-hydrogen) atoms. The lowest BCUT2D eigenvalue weighted by Crippen LogP contribution is -2.36. The number of esters is 1. The predicted octanol–water partition coefficient (Wildman–Crippen LogP) is 1.99. The maximum Gasteiger partial charge on any atom is 0.410 e. The molecule has 0 aromatic rings. The number of hydrogen-bond donors (Lipinski definition) is 0. The van der Waals surface area contributed by atoms with Gasteiger partial charge in [-0.15, -0.1) is 0 Å². The lowest BCUT2D eigenvalue weighted by Gasteiger charge is -2.24. The number of rotatable bonds is 37. The van der Waals surface area contributed by atoms with E-state index in [0.29, 0.717) is 159 Å². The third-order valence-electron chi connectivity index (χ3n) is 5.75. The zero-order valence-electron chi connectivity index (χ0n) is 30.7. The van der Waals surface area contributed by atoms with E-state index >= 15 is 0 Å². The molecule has 0 fully saturated rings. The molecule has 0 aliphatic heterocycles. The minimum absolute atomic E-state index is 0.252. The second-order valence-electron chi connectivity index (χ2n) is 11.2. The van der Waals surface area contributed by atoms with E-state index in [4.69, 9.17) is 61.6 Å². The summed E-state index contributed by atoms with van der Waals surface area (Å²) in [6.45, 7) is 18.3. The topological polar surface area (TPSA) is 157 Å². The summed E-state index contributed by atoms with van der Waals surface area (Å²) in [6, 6.07) is 0. The Morgan fingerprint density at radius 2 is 0.714 bits per heavy atom. The molecule has 0 aliphatic carbocycles. The first-order valence-electron chi connectivity index (χ1n) is 17.2. The Bertz CT molecular complexity index is 727. The van der Waals surface area contributed by atoms with Crippen LogP contribution in [0.5, 0.6) is 0 Å². The molecule has 292 valence electrons. The maximum atomic E-state index is 11.9. The van der Waals surface area contributed by atoms with E-state index in [9.17, 15) is 9.59 Å².